The van der Waals surface area contributed by atoms with Gasteiger partial charge in [0, 0.05) is 26.1 Å². The Kier molecular flexibility index (Phi) is 5.30. The molecule has 0 aliphatic carbocycles. The molecule has 2 atom stereocenters. The van der Waals surface area contributed by atoms with Crippen molar-refractivity contribution in [2.24, 2.45) is 0 Å². The standard InChI is InChI=1S/C11H17N3O6/c1-6(15)12-7-2-3-14(5-7)11(20)13-8(10(18)19)4-9(16)17/h7-8H,2-5H2,1H3,(H,12,15)(H,13,20)(H,16,17)(H,18,19)/t7?,8-/m0/s1. The van der Waals surface area contributed by atoms with Gasteiger partial charge in [0.15, 0.2) is 0 Å². The van der Waals surface area contributed by atoms with Crippen molar-refractivity contribution >= 4 is 23.9 Å². The van der Waals surface area contributed by atoms with Crippen LogP contribution in [0.15, 0.2) is 0 Å². The lowest BCUT2D eigenvalue weighted by Gasteiger charge is -2.20. The SMILES string of the molecule is CC(=O)NC1CCN(C(=O)N[C@@H](CC(=O)O)C(=O)O)C1. The van der Waals surface area contributed by atoms with Crippen molar-refractivity contribution in [2.75, 3.05) is 13.1 Å². The number of nitrogens with zero attached hydrogens (tertiary/aromatic N) is 1. The second kappa shape index (κ2) is 6.73. The minimum Gasteiger partial charge on any atom is -0.481 e. The third-order valence-corrected chi connectivity index (χ3v) is 2.86. The van der Waals surface area contributed by atoms with Crippen molar-refractivity contribution in [2.45, 2.75) is 31.8 Å². The summed E-state index contributed by atoms with van der Waals surface area (Å²) < 4.78 is 0. The fourth-order valence-electron chi connectivity index (χ4n) is 1.97. The Balaban J connectivity index is 2.51. The molecule has 0 radical (unpaired) electrons. The van der Waals surface area contributed by atoms with Crippen LogP contribution in [0.5, 0.6) is 0 Å². The molecule has 112 valence electrons. The fourth-order valence-corrected chi connectivity index (χ4v) is 1.97. The van der Waals surface area contributed by atoms with Gasteiger partial charge in [0.25, 0.3) is 0 Å². The highest BCUT2D eigenvalue weighted by molar-refractivity contribution is 5.86. The molecule has 0 spiro atoms. The zero-order valence-electron chi connectivity index (χ0n) is 11.0. The molecule has 1 aliphatic heterocycles. The van der Waals surface area contributed by atoms with E-state index in [-0.39, 0.29) is 18.5 Å². The van der Waals surface area contributed by atoms with Crippen LogP contribution >= 0.6 is 0 Å². The first-order valence-corrected chi connectivity index (χ1v) is 6.06. The van der Waals surface area contributed by atoms with E-state index in [9.17, 15) is 19.2 Å². The smallest absolute Gasteiger partial charge is 0.326 e. The molecule has 1 rings (SSSR count). The number of urea groups is 1. The quantitative estimate of drug-likeness (QED) is 0.503. The van der Waals surface area contributed by atoms with E-state index < -0.39 is 30.4 Å². The molecule has 20 heavy (non-hydrogen) atoms. The number of aliphatic carboxylic acids is 2. The third-order valence-electron chi connectivity index (χ3n) is 2.86. The Morgan fingerprint density at radius 2 is 1.95 bits per heavy atom. The van der Waals surface area contributed by atoms with Crippen molar-refractivity contribution < 1.29 is 29.4 Å². The van der Waals surface area contributed by atoms with Crippen LogP contribution < -0.4 is 10.6 Å². The number of carbonyl (C=O) groups excluding carboxylic acids is 2. The summed E-state index contributed by atoms with van der Waals surface area (Å²) in [6, 6.07) is -2.28. The van der Waals surface area contributed by atoms with Crippen molar-refractivity contribution in [3.05, 3.63) is 0 Å². The number of likely N-dealkylation sites (tertiary alicyclic amines) is 1. The topological polar surface area (TPSA) is 136 Å². The van der Waals surface area contributed by atoms with Crippen molar-refractivity contribution in [3.8, 4) is 0 Å². The van der Waals surface area contributed by atoms with E-state index in [2.05, 4.69) is 10.6 Å². The van der Waals surface area contributed by atoms with Gasteiger partial charge < -0.3 is 25.7 Å². The van der Waals surface area contributed by atoms with E-state index in [4.69, 9.17) is 10.2 Å². The van der Waals surface area contributed by atoms with Gasteiger partial charge in [0.1, 0.15) is 6.04 Å². The van der Waals surface area contributed by atoms with Gasteiger partial charge in [0.05, 0.1) is 6.42 Å². The number of amides is 3. The Hall–Kier alpha value is -2.32. The average Bonchev–Trinajstić information content (AvgIpc) is 2.74. The summed E-state index contributed by atoms with van der Waals surface area (Å²) >= 11 is 0. The zero-order valence-corrected chi connectivity index (χ0v) is 11.0. The number of hydrogen-bond donors (Lipinski definition) is 4. The molecule has 0 aromatic rings. The van der Waals surface area contributed by atoms with Crippen molar-refractivity contribution in [1.82, 2.24) is 15.5 Å². The lowest BCUT2D eigenvalue weighted by molar-refractivity contribution is -0.145. The molecule has 0 aromatic carbocycles. The van der Waals surface area contributed by atoms with Crippen LogP contribution in [-0.2, 0) is 14.4 Å². The van der Waals surface area contributed by atoms with E-state index in [1.54, 1.807) is 0 Å². The first-order chi connectivity index (χ1) is 9.29. The molecule has 0 bridgehead atoms. The van der Waals surface area contributed by atoms with Gasteiger partial charge >= 0.3 is 18.0 Å². The normalized spacial score (nSPS) is 19.2. The van der Waals surface area contributed by atoms with Crippen LogP contribution in [0.25, 0.3) is 0 Å². The molecule has 1 heterocycles. The summed E-state index contributed by atoms with van der Waals surface area (Å²) in [6.07, 6.45) is -0.117. The van der Waals surface area contributed by atoms with Gasteiger partial charge in [-0.2, -0.15) is 0 Å². The minimum atomic E-state index is -1.47. The molecule has 9 heteroatoms. The molecule has 1 aliphatic rings. The van der Waals surface area contributed by atoms with E-state index in [1.165, 1.54) is 11.8 Å². The fraction of sp³-hybridized carbons (Fsp3) is 0.636. The minimum absolute atomic E-state index is 0.166. The highest BCUT2D eigenvalue weighted by Crippen LogP contribution is 2.09. The summed E-state index contributed by atoms with van der Waals surface area (Å²) in [4.78, 5) is 45.4. The predicted octanol–water partition coefficient (Wildman–Crippen LogP) is -1.17. The summed E-state index contributed by atoms with van der Waals surface area (Å²) in [5.41, 5.74) is 0. The van der Waals surface area contributed by atoms with Gasteiger partial charge in [-0.3, -0.25) is 9.59 Å². The lowest BCUT2D eigenvalue weighted by Crippen LogP contribution is -2.48. The van der Waals surface area contributed by atoms with Crippen molar-refractivity contribution in [1.29, 1.82) is 0 Å². The van der Waals surface area contributed by atoms with Crippen LogP contribution in [0, 0.1) is 0 Å². The van der Waals surface area contributed by atoms with Crippen molar-refractivity contribution in [3.63, 3.8) is 0 Å². The van der Waals surface area contributed by atoms with E-state index in [1.807, 2.05) is 0 Å². The summed E-state index contributed by atoms with van der Waals surface area (Å²) in [5, 5.41) is 22.2. The van der Waals surface area contributed by atoms with Crippen LogP contribution in [0.3, 0.4) is 0 Å². The molecule has 4 N–H and O–H groups in total. The number of carboxylic acid groups (broad SMARTS) is 2. The molecule has 0 saturated carbocycles. The Bertz CT molecular complexity index is 424. The van der Waals surface area contributed by atoms with E-state index >= 15 is 0 Å². The highest BCUT2D eigenvalue weighted by atomic mass is 16.4. The maximum absolute atomic E-state index is 11.8. The summed E-state index contributed by atoms with van der Waals surface area (Å²) in [6.45, 7) is 2.01. The molecule has 9 nitrogen and oxygen atoms in total. The summed E-state index contributed by atoms with van der Waals surface area (Å²) in [7, 11) is 0. The van der Waals surface area contributed by atoms with Crippen LogP contribution in [0.4, 0.5) is 4.79 Å². The monoisotopic (exact) mass is 287 g/mol. The van der Waals surface area contributed by atoms with Gasteiger partial charge in [-0.1, -0.05) is 0 Å². The highest BCUT2D eigenvalue weighted by Gasteiger charge is 2.30. The number of nitrogens with one attached hydrogen (secondary N) is 2. The van der Waals surface area contributed by atoms with Crippen LogP contribution in [0.1, 0.15) is 19.8 Å². The molecule has 0 aromatic heterocycles. The van der Waals surface area contributed by atoms with Gasteiger partial charge in [-0.05, 0) is 6.42 Å². The molecular weight excluding hydrogens is 270 g/mol. The molecule has 1 unspecified atom stereocenters. The number of carboxylic acids is 2. The van der Waals surface area contributed by atoms with E-state index in [0.29, 0.717) is 13.0 Å². The zero-order chi connectivity index (χ0) is 15.3. The maximum Gasteiger partial charge on any atom is 0.326 e. The number of hydrogen-bond acceptors (Lipinski definition) is 4. The first kappa shape index (κ1) is 15.7. The lowest BCUT2D eigenvalue weighted by atomic mass is 10.2. The Labute approximate surface area is 114 Å². The van der Waals surface area contributed by atoms with Crippen LogP contribution in [-0.4, -0.2) is 64.2 Å². The number of rotatable bonds is 5. The average molecular weight is 287 g/mol. The Morgan fingerprint density at radius 1 is 1.30 bits per heavy atom. The van der Waals surface area contributed by atoms with Gasteiger partial charge in [-0.25, -0.2) is 9.59 Å². The molecule has 1 fully saturated rings. The third kappa shape index (κ3) is 4.75. The van der Waals surface area contributed by atoms with Crippen LogP contribution in [0.2, 0.25) is 0 Å². The maximum atomic E-state index is 11.8. The summed E-state index contributed by atoms with van der Waals surface area (Å²) in [5.74, 6) is -2.92. The van der Waals surface area contributed by atoms with Gasteiger partial charge in [-0.15, -0.1) is 0 Å². The molecule has 1 saturated heterocycles. The predicted molar refractivity (Wildman–Crippen MR) is 66.0 cm³/mol. The largest absolute Gasteiger partial charge is 0.481 e. The number of carbonyl (C=O) groups is 4. The van der Waals surface area contributed by atoms with Gasteiger partial charge in [0.2, 0.25) is 5.91 Å². The van der Waals surface area contributed by atoms with E-state index in [0.717, 1.165) is 0 Å². The first-order valence-electron chi connectivity index (χ1n) is 6.06. The Morgan fingerprint density at radius 3 is 2.45 bits per heavy atom. The molecule has 3 amide bonds. The second-order valence-corrected chi connectivity index (χ2v) is 4.57. The molecular formula is C11H17N3O6. The second-order valence-electron chi connectivity index (χ2n) is 4.57.